The summed E-state index contributed by atoms with van der Waals surface area (Å²) in [6, 6.07) is 6.27. The third-order valence-electron chi connectivity index (χ3n) is 1.87. The summed E-state index contributed by atoms with van der Waals surface area (Å²) in [5, 5.41) is 3.68. The molecular formula is C9H9FN4O. The fourth-order valence-electron chi connectivity index (χ4n) is 1.17. The quantitative estimate of drug-likeness (QED) is 0.583. The average molecular weight is 208 g/mol. The second-order valence-corrected chi connectivity index (χ2v) is 2.96. The van der Waals surface area contributed by atoms with Gasteiger partial charge in [0, 0.05) is 6.42 Å². The number of benzene rings is 1. The van der Waals surface area contributed by atoms with E-state index in [4.69, 9.17) is 10.4 Å². The van der Waals surface area contributed by atoms with Crippen molar-refractivity contribution in [2.45, 2.75) is 6.42 Å². The number of rotatable bonds is 3. The molecule has 0 aliphatic carbocycles. The molecule has 2 aromatic rings. The zero-order valence-corrected chi connectivity index (χ0v) is 7.77. The molecule has 0 unspecified atom stereocenters. The van der Waals surface area contributed by atoms with Crippen molar-refractivity contribution in [1.82, 2.24) is 10.1 Å². The van der Waals surface area contributed by atoms with Crippen molar-refractivity contribution in [1.29, 1.82) is 0 Å². The van der Waals surface area contributed by atoms with Gasteiger partial charge in [-0.05, 0) is 17.7 Å². The number of aromatic nitrogens is 2. The molecule has 0 saturated carbocycles. The van der Waals surface area contributed by atoms with Gasteiger partial charge in [0.25, 0.3) is 0 Å². The molecule has 0 aliphatic rings. The second kappa shape index (κ2) is 4.05. The van der Waals surface area contributed by atoms with E-state index in [0.717, 1.165) is 5.56 Å². The highest BCUT2D eigenvalue weighted by molar-refractivity contribution is 5.22. The summed E-state index contributed by atoms with van der Waals surface area (Å²) in [6.45, 7) is 0. The smallest absolute Gasteiger partial charge is 0.314 e. The van der Waals surface area contributed by atoms with Crippen LogP contribution in [0.15, 0.2) is 28.8 Å². The Labute approximate surface area is 85.1 Å². The first-order chi connectivity index (χ1) is 7.28. The lowest BCUT2D eigenvalue weighted by Crippen LogP contribution is -2.06. The number of hydrogen-bond donors (Lipinski definition) is 2. The summed E-state index contributed by atoms with van der Waals surface area (Å²) >= 11 is 0. The molecule has 0 saturated heterocycles. The molecule has 6 heteroatoms. The lowest BCUT2D eigenvalue weighted by molar-refractivity contribution is 0.424. The minimum Gasteiger partial charge on any atom is -0.314 e. The van der Waals surface area contributed by atoms with Crippen molar-refractivity contribution in [2.24, 2.45) is 5.84 Å². The van der Waals surface area contributed by atoms with Crippen LogP contribution in [0.1, 0.15) is 11.4 Å². The minimum absolute atomic E-state index is 0.159. The van der Waals surface area contributed by atoms with E-state index in [-0.39, 0.29) is 11.8 Å². The highest BCUT2D eigenvalue weighted by atomic mass is 19.1. The zero-order chi connectivity index (χ0) is 10.7. The Morgan fingerprint density at radius 1 is 1.33 bits per heavy atom. The molecule has 3 N–H and O–H groups in total. The monoisotopic (exact) mass is 208 g/mol. The number of hydrogen-bond acceptors (Lipinski definition) is 5. The second-order valence-electron chi connectivity index (χ2n) is 2.96. The summed E-state index contributed by atoms with van der Waals surface area (Å²) < 4.78 is 17.3. The summed E-state index contributed by atoms with van der Waals surface area (Å²) in [5.74, 6) is 5.31. The third-order valence-corrected chi connectivity index (χ3v) is 1.87. The maximum atomic E-state index is 12.6. The summed E-state index contributed by atoms with van der Waals surface area (Å²) in [4.78, 5) is 3.94. The van der Waals surface area contributed by atoms with Gasteiger partial charge in [0.2, 0.25) is 0 Å². The highest BCUT2D eigenvalue weighted by Gasteiger charge is 2.05. The van der Waals surface area contributed by atoms with Gasteiger partial charge in [-0.15, -0.1) is 0 Å². The van der Waals surface area contributed by atoms with Crippen molar-refractivity contribution in [3.8, 4) is 0 Å². The number of nitrogens with one attached hydrogen (secondary N) is 1. The zero-order valence-electron chi connectivity index (χ0n) is 7.77. The lowest BCUT2D eigenvalue weighted by Gasteiger charge is -1.95. The van der Waals surface area contributed by atoms with Crippen LogP contribution in [0.4, 0.5) is 10.4 Å². The van der Waals surface area contributed by atoms with E-state index in [2.05, 4.69) is 15.6 Å². The van der Waals surface area contributed by atoms with Crippen LogP contribution in [0.3, 0.4) is 0 Å². The molecule has 0 atom stereocenters. The van der Waals surface area contributed by atoms with Crippen molar-refractivity contribution >= 4 is 6.01 Å². The first-order valence-corrected chi connectivity index (χ1v) is 4.31. The van der Waals surface area contributed by atoms with Gasteiger partial charge < -0.3 is 4.52 Å². The molecule has 1 heterocycles. The molecule has 0 radical (unpaired) electrons. The molecule has 78 valence electrons. The summed E-state index contributed by atoms with van der Waals surface area (Å²) in [6.07, 6.45) is 0.478. The van der Waals surface area contributed by atoms with Gasteiger partial charge in [0.1, 0.15) is 5.82 Å². The topological polar surface area (TPSA) is 77.0 Å². The molecule has 1 aromatic carbocycles. The van der Waals surface area contributed by atoms with Crippen molar-refractivity contribution in [3.63, 3.8) is 0 Å². The van der Waals surface area contributed by atoms with Crippen LogP contribution < -0.4 is 11.3 Å². The van der Waals surface area contributed by atoms with E-state index in [1.807, 2.05) is 0 Å². The standard InChI is InChI=1S/C9H9FN4O/c10-7-3-1-6(2-4-7)5-8-12-9(13-11)15-14-8/h1-4H,5,11H2,(H,12,13,14). The Morgan fingerprint density at radius 2 is 2.07 bits per heavy atom. The molecule has 1 aromatic heterocycles. The van der Waals surface area contributed by atoms with Crippen LogP contribution in [0.5, 0.6) is 0 Å². The van der Waals surface area contributed by atoms with Gasteiger partial charge in [-0.2, -0.15) is 4.98 Å². The Hall–Kier alpha value is -1.95. The number of nitrogens with zero attached hydrogens (tertiary/aromatic N) is 2. The Kier molecular flexibility index (Phi) is 2.59. The number of nitrogens with two attached hydrogens (primary N) is 1. The molecule has 0 bridgehead atoms. The fourth-order valence-corrected chi connectivity index (χ4v) is 1.17. The van der Waals surface area contributed by atoms with Crippen molar-refractivity contribution in [3.05, 3.63) is 41.5 Å². The van der Waals surface area contributed by atoms with Crippen LogP contribution in [-0.4, -0.2) is 10.1 Å². The normalized spacial score (nSPS) is 10.3. The first kappa shape index (κ1) is 9.60. The van der Waals surface area contributed by atoms with E-state index in [1.165, 1.54) is 12.1 Å². The van der Waals surface area contributed by atoms with E-state index < -0.39 is 0 Å². The molecular weight excluding hydrogens is 199 g/mol. The number of hydrazine groups is 1. The Balaban J connectivity index is 2.11. The van der Waals surface area contributed by atoms with Crippen LogP contribution in [-0.2, 0) is 6.42 Å². The van der Waals surface area contributed by atoms with Crippen molar-refractivity contribution in [2.75, 3.05) is 5.43 Å². The first-order valence-electron chi connectivity index (χ1n) is 4.31. The van der Waals surface area contributed by atoms with Gasteiger partial charge >= 0.3 is 6.01 Å². The summed E-state index contributed by atoms with van der Waals surface area (Å²) in [5.41, 5.74) is 3.15. The summed E-state index contributed by atoms with van der Waals surface area (Å²) in [7, 11) is 0. The number of nitrogen functional groups attached to an aromatic ring is 1. The minimum atomic E-state index is -0.267. The molecule has 0 amide bonds. The van der Waals surface area contributed by atoms with Crippen molar-refractivity contribution < 1.29 is 8.91 Å². The molecule has 0 fully saturated rings. The molecule has 5 nitrogen and oxygen atoms in total. The van der Waals surface area contributed by atoms with E-state index >= 15 is 0 Å². The SMILES string of the molecule is NNc1nc(Cc2ccc(F)cc2)no1. The Morgan fingerprint density at radius 3 is 2.67 bits per heavy atom. The highest BCUT2D eigenvalue weighted by Crippen LogP contribution is 2.09. The average Bonchev–Trinajstić information content (AvgIpc) is 2.69. The van der Waals surface area contributed by atoms with Crippen LogP contribution >= 0.6 is 0 Å². The predicted octanol–water partition coefficient (Wildman–Crippen LogP) is 1.09. The molecule has 15 heavy (non-hydrogen) atoms. The third kappa shape index (κ3) is 2.29. The maximum Gasteiger partial charge on any atom is 0.335 e. The van der Waals surface area contributed by atoms with Crippen LogP contribution in [0.2, 0.25) is 0 Å². The number of halogens is 1. The largest absolute Gasteiger partial charge is 0.335 e. The maximum absolute atomic E-state index is 12.6. The molecule has 0 spiro atoms. The van der Waals surface area contributed by atoms with Gasteiger partial charge in [-0.25, -0.2) is 10.2 Å². The van der Waals surface area contributed by atoms with Gasteiger partial charge in [0.15, 0.2) is 5.82 Å². The molecule has 0 aliphatic heterocycles. The lowest BCUT2D eigenvalue weighted by atomic mass is 10.1. The van der Waals surface area contributed by atoms with E-state index in [1.54, 1.807) is 12.1 Å². The number of anilines is 1. The van der Waals surface area contributed by atoms with Crippen LogP contribution in [0, 0.1) is 5.82 Å². The van der Waals surface area contributed by atoms with Gasteiger partial charge in [-0.1, -0.05) is 17.3 Å². The Bertz CT molecular complexity index is 440. The molecule has 2 rings (SSSR count). The van der Waals surface area contributed by atoms with Crippen LogP contribution in [0.25, 0.3) is 0 Å². The van der Waals surface area contributed by atoms with E-state index in [9.17, 15) is 4.39 Å². The fraction of sp³-hybridized carbons (Fsp3) is 0.111. The van der Waals surface area contributed by atoms with Gasteiger partial charge in [0.05, 0.1) is 0 Å². The van der Waals surface area contributed by atoms with Gasteiger partial charge in [-0.3, -0.25) is 5.43 Å². The predicted molar refractivity (Wildman–Crippen MR) is 51.3 cm³/mol. The van der Waals surface area contributed by atoms with E-state index in [0.29, 0.717) is 12.2 Å².